The Kier molecular flexibility index (Phi) is 4.00. The summed E-state index contributed by atoms with van der Waals surface area (Å²) in [6.45, 7) is 3.30. The largest absolute Gasteiger partial charge is 0.418 e. The van der Waals surface area contributed by atoms with E-state index in [1.165, 1.54) is 0 Å². The van der Waals surface area contributed by atoms with Gasteiger partial charge in [0.05, 0.1) is 6.54 Å². The van der Waals surface area contributed by atoms with E-state index in [2.05, 4.69) is 5.32 Å². The van der Waals surface area contributed by atoms with Crippen molar-refractivity contribution in [2.45, 2.75) is 51.8 Å². The minimum atomic E-state index is -4.75. The Balaban J connectivity index is 2.55. The van der Waals surface area contributed by atoms with Gasteiger partial charge in [0.1, 0.15) is 0 Å². The molecule has 1 fully saturated rings. The lowest BCUT2D eigenvalue weighted by Gasteiger charge is -2.39. The Bertz CT molecular complexity index is 320. The number of halogens is 3. The molecule has 0 unspecified atom stereocenters. The molecule has 3 nitrogen and oxygen atoms in total. The zero-order chi connectivity index (χ0) is 14.2. The fourth-order valence-electron chi connectivity index (χ4n) is 1.90. The third-order valence-electron chi connectivity index (χ3n) is 3.91. The second kappa shape index (κ2) is 4.72. The Morgan fingerprint density at radius 2 is 1.78 bits per heavy atom. The first-order valence-corrected chi connectivity index (χ1v) is 6.06. The molecule has 0 aromatic rings. The summed E-state index contributed by atoms with van der Waals surface area (Å²) < 4.78 is 37.2. The number of carbonyl (C=O) groups excluding carboxylic acids is 1. The smallest absolute Gasteiger partial charge is 0.379 e. The second-order valence-electron chi connectivity index (χ2n) is 5.80. The van der Waals surface area contributed by atoms with Gasteiger partial charge in [0.25, 0.3) is 0 Å². The molecule has 1 aliphatic carbocycles. The third-order valence-corrected chi connectivity index (χ3v) is 3.91. The van der Waals surface area contributed by atoms with Crippen LogP contribution in [0.5, 0.6) is 0 Å². The highest BCUT2D eigenvalue weighted by molar-refractivity contribution is 5.82. The van der Waals surface area contributed by atoms with E-state index in [0.29, 0.717) is 6.92 Å². The van der Waals surface area contributed by atoms with Crippen LogP contribution in [0.25, 0.3) is 0 Å². The molecule has 2 N–H and O–H groups in total. The standard InChI is InChI=1S/C12H20F3NO2/c1-10(2,8-5-4-6-8)9(17)16-7-11(3,18)12(13,14)15/h8,18H,4-7H2,1-3H3,(H,16,17)/t11-/m0/s1. The molecule has 18 heavy (non-hydrogen) atoms. The van der Waals surface area contributed by atoms with Gasteiger partial charge in [0, 0.05) is 5.41 Å². The lowest BCUT2D eigenvalue weighted by molar-refractivity contribution is -0.250. The van der Waals surface area contributed by atoms with E-state index in [9.17, 15) is 23.1 Å². The van der Waals surface area contributed by atoms with Gasteiger partial charge in [-0.05, 0) is 25.7 Å². The summed E-state index contributed by atoms with van der Waals surface area (Å²) in [5, 5.41) is 11.4. The maximum atomic E-state index is 12.4. The molecule has 0 spiro atoms. The minimum absolute atomic E-state index is 0.216. The maximum Gasteiger partial charge on any atom is 0.418 e. The molecule has 1 saturated carbocycles. The van der Waals surface area contributed by atoms with Crippen molar-refractivity contribution >= 4 is 5.91 Å². The summed E-state index contributed by atoms with van der Waals surface area (Å²) in [5.74, 6) is -0.218. The topological polar surface area (TPSA) is 49.3 Å². The highest BCUT2D eigenvalue weighted by atomic mass is 19.4. The second-order valence-corrected chi connectivity index (χ2v) is 5.80. The van der Waals surface area contributed by atoms with Crippen molar-refractivity contribution in [2.75, 3.05) is 6.54 Å². The maximum absolute atomic E-state index is 12.4. The number of aliphatic hydroxyl groups is 1. The summed E-state index contributed by atoms with van der Waals surface area (Å²) in [6.07, 6.45) is -1.84. The highest BCUT2D eigenvalue weighted by Crippen LogP contribution is 2.41. The van der Waals surface area contributed by atoms with Gasteiger partial charge in [-0.2, -0.15) is 13.2 Å². The van der Waals surface area contributed by atoms with Crippen LogP contribution in [-0.4, -0.2) is 29.3 Å². The van der Waals surface area contributed by atoms with Crippen molar-refractivity contribution in [1.29, 1.82) is 0 Å². The summed E-state index contributed by atoms with van der Waals surface area (Å²) in [6, 6.07) is 0. The number of hydrogen-bond acceptors (Lipinski definition) is 2. The van der Waals surface area contributed by atoms with Crippen LogP contribution in [0.15, 0.2) is 0 Å². The zero-order valence-electron chi connectivity index (χ0n) is 10.9. The Morgan fingerprint density at radius 1 is 1.28 bits per heavy atom. The first-order chi connectivity index (χ1) is 7.98. The SMILES string of the molecule is CC(C)(C(=O)NC[C@](C)(O)C(F)(F)F)C1CCC1. The molecule has 0 aliphatic heterocycles. The molecule has 0 saturated heterocycles. The molecular weight excluding hydrogens is 247 g/mol. The van der Waals surface area contributed by atoms with E-state index in [1.54, 1.807) is 13.8 Å². The third kappa shape index (κ3) is 2.96. The first-order valence-electron chi connectivity index (χ1n) is 6.06. The normalized spacial score (nSPS) is 21.1. The van der Waals surface area contributed by atoms with Crippen molar-refractivity contribution < 1.29 is 23.1 Å². The van der Waals surface area contributed by atoms with E-state index in [4.69, 9.17) is 0 Å². The van der Waals surface area contributed by atoms with Gasteiger partial charge < -0.3 is 10.4 Å². The number of hydrogen-bond donors (Lipinski definition) is 2. The number of alkyl halides is 3. The van der Waals surface area contributed by atoms with E-state index < -0.39 is 29.6 Å². The fourth-order valence-corrected chi connectivity index (χ4v) is 1.90. The number of rotatable bonds is 4. The van der Waals surface area contributed by atoms with E-state index >= 15 is 0 Å². The van der Waals surface area contributed by atoms with Gasteiger partial charge in [0.2, 0.25) is 5.91 Å². The van der Waals surface area contributed by atoms with Gasteiger partial charge in [-0.25, -0.2) is 0 Å². The molecule has 6 heteroatoms. The van der Waals surface area contributed by atoms with E-state index in [-0.39, 0.29) is 5.92 Å². The van der Waals surface area contributed by atoms with Gasteiger partial charge in [-0.3, -0.25) is 4.79 Å². The number of amides is 1. The molecule has 1 amide bonds. The number of carbonyl (C=O) groups is 1. The molecule has 106 valence electrons. The summed E-state index contributed by atoms with van der Waals surface area (Å²) >= 11 is 0. The molecule has 1 atom stereocenters. The van der Waals surface area contributed by atoms with Crippen LogP contribution in [0.3, 0.4) is 0 Å². The van der Waals surface area contributed by atoms with Gasteiger partial charge in [0.15, 0.2) is 5.60 Å². The van der Waals surface area contributed by atoms with Gasteiger partial charge in [-0.15, -0.1) is 0 Å². The molecule has 0 aromatic carbocycles. The number of nitrogens with one attached hydrogen (secondary N) is 1. The Hall–Kier alpha value is -0.780. The predicted octanol–water partition coefficient (Wildman–Crippen LogP) is 2.24. The molecule has 0 radical (unpaired) electrons. The summed E-state index contributed by atoms with van der Waals surface area (Å²) in [4.78, 5) is 11.9. The average molecular weight is 267 g/mol. The quantitative estimate of drug-likeness (QED) is 0.820. The molecular formula is C12H20F3NO2. The lowest BCUT2D eigenvalue weighted by atomic mass is 9.67. The van der Waals surface area contributed by atoms with Crippen molar-refractivity contribution in [3.8, 4) is 0 Å². The molecule has 0 aromatic heterocycles. The van der Waals surface area contributed by atoms with Crippen LogP contribution in [0, 0.1) is 11.3 Å². The van der Waals surface area contributed by atoms with Gasteiger partial charge in [-0.1, -0.05) is 20.3 Å². The van der Waals surface area contributed by atoms with Crippen LogP contribution < -0.4 is 5.32 Å². The van der Waals surface area contributed by atoms with Crippen molar-refractivity contribution in [3.05, 3.63) is 0 Å². The van der Waals surface area contributed by atoms with E-state index in [1.807, 2.05) is 0 Å². The average Bonchev–Trinajstić information content (AvgIpc) is 2.08. The minimum Gasteiger partial charge on any atom is -0.379 e. The van der Waals surface area contributed by atoms with Crippen molar-refractivity contribution in [1.82, 2.24) is 5.32 Å². The van der Waals surface area contributed by atoms with Crippen LogP contribution >= 0.6 is 0 Å². The highest BCUT2D eigenvalue weighted by Gasteiger charge is 2.50. The molecule has 1 rings (SSSR count). The van der Waals surface area contributed by atoms with Crippen LogP contribution in [-0.2, 0) is 4.79 Å². The van der Waals surface area contributed by atoms with Crippen LogP contribution in [0.1, 0.15) is 40.0 Å². The lowest BCUT2D eigenvalue weighted by Crippen LogP contribution is -2.54. The van der Waals surface area contributed by atoms with Crippen LogP contribution in [0.4, 0.5) is 13.2 Å². The Labute approximate surface area is 105 Å². The van der Waals surface area contributed by atoms with Gasteiger partial charge >= 0.3 is 6.18 Å². The fraction of sp³-hybridized carbons (Fsp3) is 0.917. The molecule has 1 aliphatic rings. The van der Waals surface area contributed by atoms with Crippen molar-refractivity contribution in [3.63, 3.8) is 0 Å². The molecule has 0 bridgehead atoms. The summed E-state index contributed by atoms with van der Waals surface area (Å²) in [5.41, 5.74) is -3.57. The predicted molar refractivity (Wildman–Crippen MR) is 60.8 cm³/mol. The van der Waals surface area contributed by atoms with Crippen LogP contribution in [0.2, 0.25) is 0 Å². The zero-order valence-corrected chi connectivity index (χ0v) is 10.9. The summed E-state index contributed by atoms with van der Waals surface area (Å²) in [7, 11) is 0. The van der Waals surface area contributed by atoms with Crippen molar-refractivity contribution in [2.24, 2.45) is 11.3 Å². The van der Waals surface area contributed by atoms with E-state index in [0.717, 1.165) is 19.3 Å². The first kappa shape index (κ1) is 15.3. The molecule has 0 heterocycles. The Morgan fingerprint density at radius 3 is 2.11 bits per heavy atom. The monoisotopic (exact) mass is 267 g/mol.